The van der Waals surface area contributed by atoms with Gasteiger partial charge in [0, 0.05) is 23.3 Å². The lowest BCUT2D eigenvalue weighted by Gasteiger charge is -2.01. The average Bonchev–Trinajstić information content (AvgIpc) is 2.87. The van der Waals surface area contributed by atoms with E-state index in [0.717, 1.165) is 26.4 Å². The summed E-state index contributed by atoms with van der Waals surface area (Å²) in [5.41, 5.74) is 1.97. The molecule has 0 saturated carbocycles. The summed E-state index contributed by atoms with van der Waals surface area (Å²) in [5, 5.41) is 11.1. The van der Waals surface area contributed by atoms with Crippen LogP contribution >= 0.6 is 11.3 Å². The molecule has 3 aromatic rings. The molecule has 0 aliphatic carbocycles. The van der Waals surface area contributed by atoms with Crippen molar-refractivity contribution in [2.75, 3.05) is 0 Å². The third kappa shape index (κ3) is 1.81. The van der Waals surface area contributed by atoms with E-state index < -0.39 is 0 Å². The first-order chi connectivity index (χ1) is 8.38. The zero-order valence-corrected chi connectivity index (χ0v) is 9.81. The van der Waals surface area contributed by atoms with Crippen LogP contribution in [-0.4, -0.2) is 15.1 Å². The zero-order chi connectivity index (χ0) is 11.7. The van der Waals surface area contributed by atoms with Crippen LogP contribution in [0.3, 0.4) is 0 Å². The van der Waals surface area contributed by atoms with Gasteiger partial charge in [-0.3, -0.25) is 4.98 Å². The third-order valence-corrected chi connectivity index (χ3v) is 3.59. The second kappa shape index (κ2) is 4.24. The molecule has 4 heteroatoms. The molecule has 0 bridgehead atoms. The van der Waals surface area contributed by atoms with E-state index in [0.29, 0.717) is 0 Å². The first-order valence-electron chi connectivity index (χ1n) is 5.28. The Morgan fingerprint density at radius 3 is 2.82 bits per heavy atom. The number of thiazole rings is 1. The number of aromatic nitrogens is 2. The van der Waals surface area contributed by atoms with Gasteiger partial charge in [0.05, 0.1) is 17.0 Å². The Labute approximate surface area is 102 Å². The normalized spacial score (nSPS) is 10.9. The van der Waals surface area contributed by atoms with E-state index in [-0.39, 0.29) is 6.61 Å². The zero-order valence-electron chi connectivity index (χ0n) is 9.00. The Hall–Kier alpha value is -1.78. The number of hydrogen-bond donors (Lipinski definition) is 1. The van der Waals surface area contributed by atoms with E-state index in [1.54, 1.807) is 12.4 Å². The molecule has 1 aromatic carbocycles. The molecule has 0 saturated heterocycles. The molecule has 2 aromatic heterocycles. The van der Waals surface area contributed by atoms with Gasteiger partial charge < -0.3 is 5.11 Å². The van der Waals surface area contributed by atoms with E-state index in [9.17, 15) is 0 Å². The fraction of sp³-hybridized carbons (Fsp3) is 0.0769. The molecule has 3 rings (SSSR count). The van der Waals surface area contributed by atoms with Crippen molar-refractivity contribution in [3.63, 3.8) is 0 Å². The van der Waals surface area contributed by atoms with Gasteiger partial charge in [-0.1, -0.05) is 18.2 Å². The number of para-hydroxylation sites is 1. The van der Waals surface area contributed by atoms with E-state index in [2.05, 4.69) is 9.97 Å². The van der Waals surface area contributed by atoms with E-state index in [1.165, 1.54) is 11.3 Å². The van der Waals surface area contributed by atoms with Crippen LogP contribution in [0.1, 0.15) is 4.88 Å². The van der Waals surface area contributed by atoms with E-state index in [4.69, 9.17) is 5.11 Å². The summed E-state index contributed by atoms with van der Waals surface area (Å²) in [6, 6.07) is 10.0. The summed E-state index contributed by atoms with van der Waals surface area (Å²) in [4.78, 5) is 9.59. The number of fused-ring (bicyclic) bond motifs is 1. The fourth-order valence-electron chi connectivity index (χ4n) is 1.78. The lowest BCUT2D eigenvalue weighted by molar-refractivity contribution is 0.285. The number of benzene rings is 1. The van der Waals surface area contributed by atoms with Crippen LogP contribution in [0.25, 0.3) is 21.5 Å². The Bertz CT molecular complexity index is 658. The van der Waals surface area contributed by atoms with Gasteiger partial charge in [0.25, 0.3) is 0 Å². The summed E-state index contributed by atoms with van der Waals surface area (Å²) >= 11 is 1.50. The predicted molar refractivity (Wildman–Crippen MR) is 68.8 cm³/mol. The number of rotatable bonds is 2. The van der Waals surface area contributed by atoms with Crippen molar-refractivity contribution in [2.45, 2.75) is 6.61 Å². The molecule has 0 amide bonds. The lowest BCUT2D eigenvalue weighted by atomic mass is 10.1. The van der Waals surface area contributed by atoms with Crippen molar-refractivity contribution in [1.82, 2.24) is 9.97 Å². The van der Waals surface area contributed by atoms with Crippen LogP contribution in [-0.2, 0) is 6.61 Å². The highest BCUT2D eigenvalue weighted by atomic mass is 32.1. The Balaban J connectivity index is 2.23. The summed E-state index contributed by atoms with van der Waals surface area (Å²) in [6.45, 7) is 0.0376. The maximum absolute atomic E-state index is 9.07. The largest absolute Gasteiger partial charge is 0.391 e. The van der Waals surface area contributed by atoms with Gasteiger partial charge in [-0.2, -0.15) is 0 Å². The molecule has 0 spiro atoms. The summed E-state index contributed by atoms with van der Waals surface area (Å²) in [6.07, 6.45) is 3.49. The van der Waals surface area contributed by atoms with Crippen LogP contribution in [0.2, 0.25) is 0 Å². The SMILES string of the molecule is OCc1cnc(-c2cccc3cccnc23)s1. The molecule has 0 unspecified atom stereocenters. The average molecular weight is 242 g/mol. The van der Waals surface area contributed by atoms with Gasteiger partial charge in [-0.05, 0) is 12.1 Å². The predicted octanol–water partition coefficient (Wildman–Crippen LogP) is 2.85. The number of aliphatic hydroxyl groups excluding tert-OH is 1. The van der Waals surface area contributed by atoms with E-state index >= 15 is 0 Å². The van der Waals surface area contributed by atoms with Crippen molar-refractivity contribution in [3.05, 3.63) is 47.6 Å². The number of hydrogen-bond acceptors (Lipinski definition) is 4. The van der Waals surface area contributed by atoms with Gasteiger partial charge in [-0.15, -0.1) is 11.3 Å². The van der Waals surface area contributed by atoms with Crippen LogP contribution in [0, 0.1) is 0 Å². The maximum atomic E-state index is 9.07. The number of aliphatic hydroxyl groups is 1. The van der Waals surface area contributed by atoms with Crippen LogP contribution in [0.5, 0.6) is 0 Å². The highest BCUT2D eigenvalue weighted by molar-refractivity contribution is 7.15. The molecule has 1 N–H and O–H groups in total. The number of pyridine rings is 1. The number of nitrogens with zero attached hydrogens (tertiary/aromatic N) is 2. The molecule has 0 aliphatic heterocycles. The molecule has 0 atom stereocenters. The first kappa shape index (κ1) is 10.4. The fourth-order valence-corrected chi connectivity index (χ4v) is 2.58. The van der Waals surface area contributed by atoms with Crippen molar-refractivity contribution in [1.29, 1.82) is 0 Å². The van der Waals surface area contributed by atoms with Gasteiger partial charge in [0.15, 0.2) is 0 Å². The van der Waals surface area contributed by atoms with Crippen LogP contribution in [0.15, 0.2) is 42.7 Å². The maximum Gasteiger partial charge on any atom is 0.125 e. The summed E-state index contributed by atoms with van der Waals surface area (Å²) in [7, 11) is 0. The van der Waals surface area contributed by atoms with Crippen molar-refractivity contribution in [3.8, 4) is 10.6 Å². The topological polar surface area (TPSA) is 46.0 Å². The van der Waals surface area contributed by atoms with Crippen molar-refractivity contribution >= 4 is 22.2 Å². The molecule has 0 aliphatic rings. The Morgan fingerprint density at radius 2 is 2.00 bits per heavy atom. The molecule has 84 valence electrons. The third-order valence-electron chi connectivity index (χ3n) is 2.57. The lowest BCUT2D eigenvalue weighted by Crippen LogP contribution is -1.82. The standard InChI is InChI=1S/C13H10N2OS/c16-8-10-7-15-13(17-10)11-5-1-3-9-4-2-6-14-12(9)11/h1-7,16H,8H2. The minimum absolute atomic E-state index is 0.0376. The minimum Gasteiger partial charge on any atom is -0.391 e. The molecule has 0 radical (unpaired) electrons. The quantitative estimate of drug-likeness (QED) is 0.751. The summed E-state index contributed by atoms with van der Waals surface area (Å²) in [5.74, 6) is 0. The molecular formula is C13H10N2OS. The van der Waals surface area contributed by atoms with Crippen molar-refractivity contribution in [2.24, 2.45) is 0 Å². The minimum atomic E-state index is 0.0376. The Morgan fingerprint density at radius 1 is 1.12 bits per heavy atom. The molecule has 2 heterocycles. The van der Waals surface area contributed by atoms with Crippen molar-refractivity contribution < 1.29 is 5.11 Å². The monoisotopic (exact) mass is 242 g/mol. The molecule has 0 fully saturated rings. The van der Waals surface area contributed by atoms with Gasteiger partial charge in [0.2, 0.25) is 0 Å². The second-order valence-electron chi connectivity index (χ2n) is 3.67. The van der Waals surface area contributed by atoms with E-state index in [1.807, 2.05) is 30.3 Å². The first-order valence-corrected chi connectivity index (χ1v) is 6.10. The van der Waals surface area contributed by atoms with Crippen LogP contribution in [0.4, 0.5) is 0 Å². The summed E-state index contributed by atoms with van der Waals surface area (Å²) < 4.78 is 0. The Kier molecular flexibility index (Phi) is 2.59. The molecule has 17 heavy (non-hydrogen) atoms. The molecule has 3 nitrogen and oxygen atoms in total. The highest BCUT2D eigenvalue weighted by Crippen LogP contribution is 2.30. The second-order valence-corrected chi connectivity index (χ2v) is 4.79. The smallest absolute Gasteiger partial charge is 0.125 e. The van der Waals surface area contributed by atoms with Crippen LogP contribution < -0.4 is 0 Å². The molecular weight excluding hydrogens is 232 g/mol. The van der Waals surface area contributed by atoms with Gasteiger partial charge in [-0.25, -0.2) is 4.98 Å². The van der Waals surface area contributed by atoms with Gasteiger partial charge >= 0.3 is 0 Å². The highest BCUT2D eigenvalue weighted by Gasteiger charge is 2.08. The van der Waals surface area contributed by atoms with Gasteiger partial charge in [0.1, 0.15) is 5.01 Å².